The molecule has 0 unspecified atom stereocenters. The zero-order chi connectivity index (χ0) is 23.0. The monoisotopic (exact) mass is 450 g/mol. The summed E-state index contributed by atoms with van der Waals surface area (Å²) in [5.74, 6) is -0.412. The molecular formula is C22H25F3N4O3. The van der Waals surface area contributed by atoms with Crippen molar-refractivity contribution >= 4 is 11.9 Å². The molecule has 3 amide bonds. The maximum Gasteiger partial charge on any atom is 0.573 e. The third kappa shape index (κ3) is 7.77. The highest BCUT2D eigenvalue weighted by molar-refractivity contribution is 5.84. The number of nitrogens with one attached hydrogen (secondary N) is 2. The lowest BCUT2D eigenvalue weighted by molar-refractivity contribution is -0.274. The van der Waals surface area contributed by atoms with Gasteiger partial charge in [-0.25, -0.2) is 4.79 Å². The zero-order valence-electron chi connectivity index (χ0n) is 17.4. The number of halogens is 3. The van der Waals surface area contributed by atoms with Gasteiger partial charge in [-0.15, -0.1) is 13.2 Å². The molecule has 0 aliphatic carbocycles. The number of rotatable bonds is 7. The van der Waals surface area contributed by atoms with Gasteiger partial charge in [0.2, 0.25) is 5.91 Å². The van der Waals surface area contributed by atoms with E-state index in [-0.39, 0.29) is 18.2 Å². The lowest BCUT2D eigenvalue weighted by Gasteiger charge is -2.34. The number of amides is 3. The third-order valence-electron chi connectivity index (χ3n) is 4.98. The lowest BCUT2D eigenvalue weighted by atomic mass is 10.2. The van der Waals surface area contributed by atoms with Crippen LogP contribution in [0.25, 0.3) is 0 Å². The van der Waals surface area contributed by atoms with Crippen LogP contribution in [0.3, 0.4) is 0 Å². The summed E-state index contributed by atoms with van der Waals surface area (Å²) in [6, 6.07) is 14.8. The van der Waals surface area contributed by atoms with Gasteiger partial charge >= 0.3 is 12.4 Å². The molecular weight excluding hydrogens is 425 g/mol. The van der Waals surface area contributed by atoms with Gasteiger partial charge in [-0.05, 0) is 23.3 Å². The Morgan fingerprint density at radius 1 is 0.875 bits per heavy atom. The van der Waals surface area contributed by atoms with Gasteiger partial charge < -0.3 is 20.3 Å². The number of urea groups is 1. The fraction of sp³-hybridized carbons (Fsp3) is 0.364. The molecule has 2 aromatic carbocycles. The first-order valence-electron chi connectivity index (χ1n) is 10.2. The van der Waals surface area contributed by atoms with Gasteiger partial charge in [-0.1, -0.05) is 42.5 Å². The number of nitrogens with zero attached hydrogens (tertiary/aromatic N) is 2. The summed E-state index contributed by atoms with van der Waals surface area (Å²) in [5, 5.41) is 5.28. The maximum absolute atomic E-state index is 12.4. The summed E-state index contributed by atoms with van der Waals surface area (Å²) in [5.41, 5.74) is 1.82. The van der Waals surface area contributed by atoms with Gasteiger partial charge in [-0.2, -0.15) is 0 Å². The first-order valence-corrected chi connectivity index (χ1v) is 10.2. The van der Waals surface area contributed by atoms with Crippen molar-refractivity contribution in [2.24, 2.45) is 0 Å². The summed E-state index contributed by atoms with van der Waals surface area (Å²) in [6.07, 6.45) is -4.71. The van der Waals surface area contributed by atoms with Crippen molar-refractivity contribution in [3.05, 3.63) is 65.7 Å². The van der Waals surface area contributed by atoms with Crippen LogP contribution in [0.2, 0.25) is 0 Å². The van der Waals surface area contributed by atoms with E-state index in [0.717, 1.165) is 11.1 Å². The summed E-state index contributed by atoms with van der Waals surface area (Å²) in [6.45, 7) is 3.15. The Morgan fingerprint density at radius 3 is 2.16 bits per heavy atom. The standard InChI is InChI=1S/C22H25F3N4O3/c23-22(24,25)32-19-8-6-18(7-9-19)16-28-10-12-29(13-11-28)20(30)15-27-21(31)26-14-17-4-2-1-3-5-17/h1-9H,10-16H2,(H2,26,27,31). The fourth-order valence-electron chi connectivity index (χ4n) is 3.32. The van der Waals surface area contributed by atoms with Gasteiger partial charge in [0, 0.05) is 39.3 Å². The Morgan fingerprint density at radius 2 is 1.53 bits per heavy atom. The normalized spacial score (nSPS) is 14.7. The minimum absolute atomic E-state index is 0.0821. The van der Waals surface area contributed by atoms with Crippen LogP contribution >= 0.6 is 0 Å². The second-order valence-corrected chi connectivity index (χ2v) is 7.37. The molecule has 0 radical (unpaired) electrons. The van der Waals surface area contributed by atoms with Crippen LogP contribution in [-0.4, -0.2) is 60.8 Å². The molecule has 1 aliphatic heterocycles. The third-order valence-corrected chi connectivity index (χ3v) is 4.98. The van der Waals surface area contributed by atoms with Crippen molar-refractivity contribution in [1.29, 1.82) is 0 Å². The van der Waals surface area contributed by atoms with Crippen LogP contribution in [0.4, 0.5) is 18.0 Å². The number of ether oxygens (including phenoxy) is 1. The Balaban J connectivity index is 1.35. The van der Waals surface area contributed by atoms with Crippen molar-refractivity contribution in [3.63, 3.8) is 0 Å². The van der Waals surface area contributed by atoms with E-state index in [1.165, 1.54) is 12.1 Å². The maximum atomic E-state index is 12.4. The lowest BCUT2D eigenvalue weighted by Crippen LogP contribution is -2.51. The van der Waals surface area contributed by atoms with E-state index in [2.05, 4.69) is 20.3 Å². The molecule has 1 heterocycles. The van der Waals surface area contributed by atoms with E-state index in [1.54, 1.807) is 17.0 Å². The molecule has 7 nitrogen and oxygen atoms in total. The topological polar surface area (TPSA) is 73.9 Å². The summed E-state index contributed by atoms with van der Waals surface area (Å²) in [7, 11) is 0. The zero-order valence-corrected chi connectivity index (χ0v) is 17.4. The van der Waals surface area contributed by atoms with E-state index in [9.17, 15) is 22.8 Å². The first kappa shape index (κ1) is 23.4. The average Bonchev–Trinajstić information content (AvgIpc) is 2.77. The highest BCUT2D eigenvalue weighted by atomic mass is 19.4. The molecule has 0 bridgehead atoms. The Kier molecular flexibility index (Phi) is 7.93. The van der Waals surface area contributed by atoms with Crippen molar-refractivity contribution in [2.45, 2.75) is 19.5 Å². The molecule has 1 fully saturated rings. The van der Waals surface area contributed by atoms with Gasteiger partial charge in [0.05, 0.1) is 6.54 Å². The van der Waals surface area contributed by atoms with Gasteiger partial charge in [0.1, 0.15) is 5.75 Å². The smallest absolute Gasteiger partial charge is 0.406 e. The van der Waals surface area contributed by atoms with Crippen molar-refractivity contribution in [3.8, 4) is 5.75 Å². The van der Waals surface area contributed by atoms with Crippen molar-refractivity contribution in [1.82, 2.24) is 20.4 Å². The van der Waals surface area contributed by atoms with Gasteiger partial charge in [0.15, 0.2) is 0 Å². The SMILES string of the molecule is O=C(NCC(=O)N1CCN(Cc2ccc(OC(F)(F)F)cc2)CC1)NCc1ccccc1. The predicted molar refractivity (Wildman–Crippen MR) is 112 cm³/mol. The van der Waals surface area contributed by atoms with E-state index in [4.69, 9.17) is 0 Å². The van der Waals surface area contributed by atoms with Gasteiger partial charge in [-0.3, -0.25) is 9.69 Å². The molecule has 0 saturated carbocycles. The predicted octanol–water partition coefficient (Wildman–Crippen LogP) is 2.73. The summed E-state index contributed by atoms with van der Waals surface area (Å²) < 4.78 is 40.6. The minimum Gasteiger partial charge on any atom is -0.406 e. The number of carbonyl (C=O) groups excluding carboxylic acids is 2. The quantitative estimate of drug-likeness (QED) is 0.681. The molecule has 0 aromatic heterocycles. The summed E-state index contributed by atoms with van der Waals surface area (Å²) >= 11 is 0. The molecule has 3 rings (SSSR count). The molecule has 1 aliphatic rings. The number of alkyl halides is 3. The summed E-state index contributed by atoms with van der Waals surface area (Å²) in [4.78, 5) is 28.0. The average molecular weight is 450 g/mol. The molecule has 0 spiro atoms. The van der Waals surface area contributed by atoms with Gasteiger partial charge in [0.25, 0.3) is 0 Å². The van der Waals surface area contributed by atoms with E-state index in [1.807, 2.05) is 30.3 Å². The van der Waals surface area contributed by atoms with Crippen LogP contribution < -0.4 is 15.4 Å². The molecule has 10 heteroatoms. The Bertz CT molecular complexity index is 884. The highest BCUT2D eigenvalue weighted by Crippen LogP contribution is 2.23. The molecule has 2 N–H and O–H groups in total. The first-order chi connectivity index (χ1) is 15.3. The van der Waals surface area contributed by atoms with E-state index in [0.29, 0.717) is 39.3 Å². The molecule has 172 valence electrons. The second kappa shape index (κ2) is 10.9. The van der Waals surface area contributed by atoms with Crippen LogP contribution in [-0.2, 0) is 17.9 Å². The van der Waals surface area contributed by atoms with Crippen molar-refractivity contribution < 1.29 is 27.5 Å². The van der Waals surface area contributed by atoms with E-state index < -0.39 is 12.4 Å². The minimum atomic E-state index is -4.71. The fourth-order valence-corrected chi connectivity index (χ4v) is 3.32. The van der Waals surface area contributed by atoms with Crippen LogP contribution in [0.5, 0.6) is 5.75 Å². The molecule has 1 saturated heterocycles. The van der Waals surface area contributed by atoms with Crippen LogP contribution in [0.15, 0.2) is 54.6 Å². The molecule has 0 atom stereocenters. The number of benzene rings is 2. The largest absolute Gasteiger partial charge is 0.573 e. The van der Waals surface area contributed by atoms with Crippen LogP contribution in [0.1, 0.15) is 11.1 Å². The number of carbonyl (C=O) groups is 2. The number of hydrogen-bond donors (Lipinski definition) is 2. The number of hydrogen-bond acceptors (Lipinski definition) is 4. The molecule has 32 heavy (non-hydrogen) atoms. The van der Waals surface area contributed by atoms with Crippen molar-refractivity contribution in [2.75, 3.05) is 32.7 Å². The van der Waals surface area contributed by atoms with E-state index >= 15 is 0 Å². The highest BCUT2D eigenvalue weighted by Gasteiger charge is 2.31. The number of piperazine rings is 1. The second-order valence-electron chi connectivity index (χ2n) is 7.37. The van der Waals surface area contributed by atoms with Crippen LogP contribution in [0, 0.1) is 0 Å². The Hall–Kier alpha value is -3.27. The molecule has 2 aromatic rings. The Labute approximate surface area is 184 Å².